The molecule has 0 aromatic heterocycles. The SMILES string of the molecule is CC(CN(C)S(=O)(=O)Cc1cccc(Br)c1)C(=O)O. The number of nitrogens with zero attached hydrogens (tertiary/aromatic N) is 1. The normalized spacial score (nSPS) is 13.5. The van der Waals surface area contributed by atoms with E-state index in [4.69, 9.17) is 5.11 Å². The van der Waals surface area contributed by atoms with Gasteiger partial charge in [0.15, 0.2) is 0 Å². The first-order valence-corrected chi connectivity index (χ1v) is 8.04. The molecule has 0 heterocycles. The lowest BCUT2D eigenvalue weighted by Gasteiger charge is -2.19. The maximum atomic E-state index is 12.1. The summed E-state index contributed by atoms with van der Waals surface area (Å²) in [6.45, 7) is 1.44. The second kappa shape index (κ2) is 6.49. The molecule has 1 atom stereocenters. The number of sulfonamides is 1. The fraction of sp³-hybridized carbons (Fsp3) is 0.417. The Morgan fingerprint density at radius 3 is 2.63 bits per heavy atom. The van der Waals surface area contributed by atoms with Crippen molar-refractivity contribution in [2.45, 2.75) is 12.7 Å². The molecule has 5 nitrogen and oxygen atoms in total. The predicted molar refractivity (Wildman–Crippen MR) is 76.2 cm³/mol. The van der Waals surface area contributed by atoms with E-state index in [0.29, 0.717) is 5.56 Å². The number of carbonyl (C=O) groups is 1. The van der Waals surface area contributed by atoms with E-state index >= 15 is 0 Å². The van der Waals surface area contributed by atoms with Crippen molar-refractivity contribution in [3.05, 3.63) is 34.3 Å². The van der Waals surface area contributed by atoms with E-state index in [1.807, 2.05) is 6.07 Å². The van der Waals surface area contributed by atoms with E-state index in [2.05, 4.69) is 15.9 Å². The number of rotatable bonds is 6. The van der Waals surface area contributed by atoms with Crippen LogP contribution in [0.5, 0.6) is 0 Å². The second-order valence-electron chi connectivity index (χ2n) is 4.41. The molecule has 0 radical (unpaired) electrons. The topological polar surface area (TPSA) is 74.7 Å². The van der Waals surface area contributed by atoms with Crippen molar-refractivity contribution >= 4 is 31.9 Å². The summed E-state index contributed by atoms with van der Waals surface area (Å²) in [4.78, 5) is 10.7. The summed E-state index contributed by atoms with van der Waals surface area (Å²) in [6.07, 6.45) is 0. The summed E-state index contributed by atoms with van der Waals surface area (Å²) in [7, 11) is -2.11. The van der Waals surface area contributed by atoms with Crippen LogP contribution in [0.4, 0.5) is 0 Å². The van der Waals surface area contributed by atoms with Crippen LogP contribution in [0.1, 0.15) is 12.5 Å². The molecule has 0 spiro atoms. The van der Waals surface area contributed by atoms with Gasteiger partial charge in [-0.25, -0.2) is 12.7 Å². The first-order valence-electron chi connectivity index (χ1n) is 5.63. The average Bonchev–Trinajstić information content (AvgIpc) is 2.27. The van der Waals surface area contributed by atoms with Crippen LogP contribution < -0.4 is 0 Å². The van der Waals surface area contributed by atoms with E-state index < -0.39 is 21.9 Å². The zero-order chi connectivity index (χ0) is 14.6. The van der Waals surface area contributed by atoms with Crippen LogP contribution in [0, 0.1) is 5.92 Å². The Hall–Kier alpha value is -0.920. The maximum Gasteiger partial charge on any atom is 0.307 e. The Balaban J connectivity index is 2.78. The van der Waals surface area contributed by atoms with Crippen molar-refractivity contribution in [2.24, 2.45) is 5.92 Å². The van der Waals surface area contributed by atoms with Crippen LogP contribution in [0.2, 0.25) is 0 Å². The highest BCUT2D eigenvalue weighted by Crippen LogP contribution is 2.16. The molecule has 1 aromatic rings. The van der Waals surface area contributed by atoms with Gasteiger partial charge in [-0.1, -0.05) is 35.0 Å². The molecule has 0 aliphatic heterocycles. The summed E-state index contributed by atoms with van der Waals surface area (Å²) in [6, 6.07) is 7.02. The van der Waals surface area contributed by atoms with Crippen molar-refractivity contribution in [3.8, 4) is 0 Å². The molecule has 1 unspecified atom stereocenters. The summed E-state index contributed by atoms with van der Waals surface area (Å²) < 4.78 is 26.1. The zero-order valence-corrected chi connectivity index (χ0v) is 13.1. The fourth-order valence-corrected chi connectivity index (χ4v) is 3.24. The second-order valence-corrected chi connectivity index (χ2v) is 7.40. The van der Waals surface area contributed by atoms with E-state index in [9.17, 15) is 13.2 Å². The quantitative estimate of drug-likeness (QED) is 0.851. The van der Waals surface area contributed by atoms with E-state index in [-0.39, 0.29) is 12.3 Å². The average molecular weight is 350 g/mol. The van der Waals surface area contributed by atoms with Crippen LogP contribution in [0.3, 0.4) is 0 Å². The molecular weight excluding hydrogens is 334 g/mol. The number of carboxylic acid groups (broad SMARTS) is 1. The van der Waals surface area contributed by atoms with Gasteiger partial charge >= 0.3 is 5.97 Å². The number of aliphatic carboxylic acids is 1. The predicted octanol–water partition coefficient (Wildman–Crippen LogP) is 1.93. The van der Waals surface area contributed by atoms with Crippen molar-refractivity contribution in [1.29, 1.82) is 0 Å². The molecular formula is C12H16BrNO4S. The Kier molecular flexibility index (Phi) is 5.51. The van der Waals surface area contributed by atoms with Crippen LogP contribution in [0.15, 0.2) is 28.7 Å². The van der Waals surface area contributed by atoms with Crippen molar-refractivity contribution in [2.75, 3.05) is 13.6 Å². The van der Waals surface area contributed by atoms with Crippen LogP contribution in [-0.4, -0.2) is 37.4 Å². The Morgan fingerprint density at radius 2 is 2.11 bits per heavy atom. The minimum Gasteiger partial charge on any atom is -0.481 e. The van der Waals surface area contributed by atoms with Crippen molar-refractivity contribution < 1.29 is 18.3 Å². The van der Waals surface area contributed by atoms with Gasteiger partial charge in [-0.3, -0.25) is 4.79 Å². The first-order chi connectivity index (χ1) is 8.72. The van der Waals surface area contributed by atoms with Gasteiger partial charge in [0.1, 0.15) is 0 Å². The highest BCUT2D eigenvalue weighted by molar-refractivity contribution is 9.10. The molecule has 0 aliphatic rings. The molecule has 0 saturated carbocycles. The molecule has 19 heavy (non-hydrogen) atoms. The number of hydrogen-bond acceptors (Lipinski definition) is 3. The molecule has 106 valence electrons. The lowest BCUT2D eigenvalue weighted by molar-refractivity contribution is -0.141. The molecule has 0 fully saturated rings. The third kappa shape index (κ3) is 4.93. The van der Waals surface area contributed by atoms with Crippen LogP contribution in [0.25, 0.3) is 0 Å². The van der Waals surface area contributed by atoms with E-state index in [1.54, 1.807) is 18.2 Å². The largest absolute Gasteiger partial charge is 0.481 e. The number of benzene rings is 1. The maximum absolute atomic E-state index is 12.1. The van der Waals surface area contributed by atoms with Gasteiger partial charge in [0.05, 0.1) is 11.7 Å². The molecule has 0 bridgehead atoms. The summed E-state index contributed by atoms with van der Waals surface area (Å²) in [5.74, 6) is -1.89. The lowest BCUT2D eigenvalue weighted by Crippen LogP contribution is -2.34. The van der Waals surface area contributed by atoms with Gasteiger partial charge in [0.25, 0.3) is 0 Å². The molecule has 1 N–H and O–H groups in total. The van der Waals surface area contributed by atoms with Gasteiger partial charge < -0.3 is 5.11 Å². The minimum atomic E-state index is -3.51. The third-order valence-corrected chi connectivity index (χ3v) is 4.96. The molecule has 0 saturated heterocycles. The lowest BCUT2D eigenvalue weighted by atomic mass is 10.2. The highest BCUT2D eigenvalue weighted by atomic mass is 79.9. The standard InChI is InChI=1S/C12H16BrNO4S/c1-9(12(15)16)7-14(2)19(17,18)8-10-4-3-5-11(13)6-10/h3-6,9H,7-8H2,1-2H3,(H,15,16). The van der Waals surface area contributed by atoms with Gasteiger partial charge in [0, 0.05) is 18.1 Å². The molecule has 1 aromatic carbocycles. The third-order valence-electron chi connectivity index (χ3n) is 2.67. The first kappa shape index (κ1) is 16.1. The van der Waals surface area contributed by atoms with Gasteiger partial charge in [-0.05, 0) is 17.7 Å². The van der Waals surface area contributed by atoms with Crippen molar-refractivity contribution in [1.82, 2.24) is 4.31 Å². The van der Waals surface area contributed by atoms with Gasteiger partial charge in [-0.2, -0.15) is 0 Å². The Bertz CT molecular complexity index is 559. The monoisotopic (exact) mass is 349 g/mol. The molecule has 0 aliphatic carbocycles. The van der Waals surface area contributed by atoms with Gasteiger partial charge in [0.2, 0.25) is 10.0 Å². The van der Waals surface area contributed by atoms with Gasteiger partial charge in [-0.15, -0.1) is 0 Å². The minimum absolute atomic E-state index is 0.0360. The number of carboxylic acids is 1. The molecule has 0 amide bonds. The zero-order valence-electron chi connectivity index (χ0n) is 10.7. The Morgan fingerprint density at radius 1 is 1.47 bits per heavy atom. The molecule has 1 rings (SSSR count). The van der Waals surface area contributed by atoms with Crippen LogP contribution >= 0.6 is 15.9 Å². The fourth-order valence-electron chi connectivity index (χ4n) is 1.52. The number of halogens is 1. The smallest absolute Gasteiger partial charge is 0.307 e. The number of hydrogen-bond donors (Lipinski definition) is 1. The highest BCUT2D eigenvalue weighted by Gasteiger charge is 2.23. The van der Waals surface area contributed by atoms with Crippen LogP contribution in [-0.2, 0) is 20.6 Å². The Labute approximate surface area is 121 Å². The summed E-state index contributed by atoms with van der Waals surface area (Å²) in [5, 5.41) is 8.80. The van der Waals surface area contributed by atoms with Crippen molar-refractivity contribution in [3.63, 3.8) is 0 Å². The molecule has 7 heteroatoms. The van der Waals surface area contributed by atoms with E-state index in [0.717, 1.165) is 8.78 Å². The summed E-state index contributed by atoms with van der Waals surface area (Å²) >= 11 is 3.28. The van der Waals surface area contributed by atoms with E-state index in [1.165, 1.54) is 14.0 Å². The summed E-state index contributed by atoms with van der Waals surface area (Å²) in [5.41, 5.74) is 0.657.